The average molecular weight is 366 g/mol. The van der Waals surface area contributed by atoms with Crippen LogP contribution in [0.25, 0.3) is 0 Å². The molecule has 0 saturated heterocycles. The molecule has 9 nitrogen and oxygen atoms in total. The third-order valence-corrected chi connectivity index (χ3v) is 4.39. The lowest BCUT2D eigenvalue weighted by molar-refractivity contribution is -0.119. The zero-order valence-corrected chi connectivity index (χ0v) is 14.8. The van der Waals surface area contributed by atoms with Crippen molar-refractivity contribution >= 4 is 27.7 Å². The number of carbonyl (C=O) groups excluding carboxylic acids is 2. The monoisotopic (exact) mass is 366 g/mol. The number of nitrogens with zero attached hydrogens (tertiary/aromatic N) is 2. The number of esters is 1. The quantitative estimate of drug-likeness (QED) is 0.739. The Morgan fingerprint density at radius 3 is 2.52 bits per heavy atom. The molecule has 0 aliphatic rings. The van der Waals surface area contributed by atoms with Crippen LogP contribution in [0.1, 0.15) is 21.6 Å². The number of sulfonamides is 1. The minimum atomic E-state index is -3.96. The first-order valence-corrected chi connectivity index (χ1v) is 8.73. The van der Waals surface area contributed by atoms with E-state index in [9.17, 15) is 18.0 Å². The maximum absolute atomic E-state index is 12.0. The second-order valence-electron chi connectivity index (χ2n) is 5.44. The Hall–Kier alpha value is -2.72. The molecule has 134 valence electrons. The van der Waals surface area contributed by atoms with Gasteiger partial charge in [-0.3, -0.25) is 9.48 Å². The van der Waals surface area contributed by atoms with Crippen molar-refractivity contribution in [3.63, 3.8) is 0 Å². The molecular weight excluding hydrogens is 348 g/mol. The van der Waals surface area contributed by atoms with Crippen molar-refractivity contribution < 1.29 is 22.7 Å². The van der Waals surface area contributed by atoms with Crippen LogP contribution in [0.15, 0.2) is 29.2 Å². The van der Waals surface area contributed by atoms with Crippen LogP contribution in [0.4, 0.5) is 5.82 Å². The Balaban J connectivity index is 2.03. The normalized spacial score (nSPS) is 11.2. The molecule has 0 radical (unpaired) electrons. The van der Waals surface area contributed by atoms with Gasteiger partial charge in [-0.1, -0.05) is 6.07 Å². The third-order valence-electron chi connectivity index (χ3n) is 3.33. The highest BCUT2D eigenvalue weighted by Crippen LogP contribution is 2.16. The van der Waals surface area contributed by atoms with Gasteiger partial charge in [-0.25, -0.2) is 18.4 Å². The second kappa shape index (κ2) is 7.03. The third kappa shape index (κ3) is 4.64. The molecule has 10 heteroatoms. The van der Waals surface area contributed by atoms with Gasteiger partial charge in [0.2, 0.25) is 10.0 Å². The lowest BCUT2D eigenvalue weighted by atomic mass is 10.1. The second-order valence-corrected chi connectivity index (χ2v) is 6.97. The van der Waals surface area contributed by atoms with E-state index < -0.39 is 28.5 Å². The Kier molecular flexibility index (Phi) is 5.24. The molecule has 2 aromatic rings. The van der Waals surface area contributed by atoms with Crippen molar-refractivity contribution in [1.82, 2.24) is 9.78 Å². The number of rotatable bonds is 5. The number of hydrogen-bond acceptors (Lipinski definition) is 6. The number of amides is 1. The zero-order chi connectivity index (χ0) is 18.8. The van der Waals surface area contributed by atoms with Crippen LogP contribution in [0, 0.1) is 13.8 Å². The zero-order valence-electron chi connectivity index (χ0n) is 13.9. The Bertz CT molecular complexity index is 933. The van der Waals surface area contributed by atoms with Gasteiger partial charge in [-0.2, -0.15) is 5.10 Å². The van der Waals surface area contributed by atoms with Gasteiger partial charge in [0.1, 0.15) is 5.82 Å². The van der Waals surface area contributed by atoms with Gasteiger partial charge < -0.3 is 10.1 Å². The maximum atomic E-state index is 12.0. The summed E-state index contributed by atoms with van der Waals surface area (Å²) >= 11 is 0. The number of hydrogen-bond donors (Lipinski definition) is 2. The maximum Gasteiger partial charge on any atom is 0.338 e. The Labute approximate surface area is 144 Å². The van der Waals surface area contributed by atoms with Crippen molar-refractivity contribution in [3.05, 3.63) is 41.1 Å². The van der Waals surface area contributed by atoms with Crippen molar-refractivity contribution in [2.24, 2.45) is 12.2 Å². The fourth-order valence-electron chi connectivity index (χ4n) is 2.15. The van der Waals surface area contributed by atoms with Gasteiger partial charge in [0.15, 0.2) is 6.61 Å². The van der Waals surface area contributed by atoms with Crippen LogP contribution < -0.4 is 10.5 Å². The van der Waals surface area contributed by atoms with E-state index in [1.54, 1.807) is 27.0 Å². The molecule has 0 saturated carbocycles. The average Bonchev–Trinajstić information content (AvgIpc) is 2.81. The van der Waals surface area contributed by atoms with Crippen LogP contribution in [0.5, 0.6) is 0 Å². The predicted octanol–water partition coefficient (Wildman–Crippen LogP) is 0.480. The summed E-state index contributed by atoms with van der Waals surface area (Å²) in [6.07, 6.45) is 0. The summed E-state index contributed by atoms with van der Waals surface area (Å²) in [6.45, 7) is 2.80. The van der Waals surface area contributed by atoms with Gasteiger partial charge in [0, 0.05) is 13.1 Å². The molecule has 0 fully saturated rings. The van der Waals surface area contributed by atoms with E-state index in [1.807, 2.05) is 0 Å². The van der Waals surface area contributed by atoms with Crippen LogP contribution >= 0.6 is 0 Å². The van der Waals surface area contributed by atoms with Crippen LogP contribution in [0.2, 0.25) is 0 Å². The molecule has 0 unspecified atom stereocenters. The number of anilines is 1. The van der Waals surface area contributed by atoms with Crippen molar-refractivity contribution in [2.45, 2.75) is 18.7 Å². The minimum absolute atomic E-state index is 0.0150. The number of ether oxygens (including phenoxy) is 1. The van der Waals surface area contributed by atoms with Gasteiger partial charge in [0.25, 0.3) is 5.91 Å². The fraction of sp³-hybridized carbons (Fsp3) is 0.267. The van der Waals surface area contributed by atoms with Crippen LogP contribution in [-0.2, 0) is 26.6 Å². The molecule has 2 rings (SSSR count). The highest BCUT2D eigenvalue weighted by molar-refractivity contribution is 7.89. The smallest absolute Gasteiger partial charge is 0.338 e. The van der Waals surface area contributed by atoms with Crippen molar-refractivity contribution in [3.8, 4) is 0 Å². The number of aromatic nitrogens is 2. The van der Waals surface area contributed by atoms with E-state index in [2.05, 4.69) is 10.4 Å². The molecule has 1 amide bonds. The predicted molar refractivity (Wildman–Crippen MR) is 89.4 cm³/mol. The first kappa shape index (κ1) is 18.6. The van der Waals surface area contributed by atoms with E-state index in [4.69, 9.17) is 9.88 Å². The summed E-state index contributed by atoms with van der Waals surface area (Å²) in [5.74, 6) is -0.915. The first-order chi connectivity index (χ1) is 11.6. The number of carbonyl (C=O) groups is 2. The SMILES string of the molecule is Cc1cc(NC(=O)COC(=O)c2ccc(C)c(S(N)(=O)=O)c2)n(C)n1. The molecule has 0 spiro atoms. The summed E-state index contributed by atoms with van der Waals surface area (Å²) in [7, 11) is -2.30. The fourth-order valence-corrected chi connectivity index (χ4v) is 2.96. The van der Waals surface area contributed by atoms with Crippen molar-refractivity contribution in [2.75, 3.05) is 11.9 Å². The number of primary sulfonamides is 1. The van der Waals surface area contributed by atoms with Gasteiger partial charge in [-0.15, -0.1) is 0 Å². The number of aryl methyl sites for hydroxylation is 3. The number of benzene rings is 1. The summed E-state index contributed by atoms with van der Waals surface area (Å²) in [5, 5.41) is 11.7. The molecule has 25 heavy (non-hydrogen) atoms. The standard InChI is InChI=1S/C15H18N4O5S/c1-9-4-5-11(7-12(9)25(16,22)23)15(21)24-8-14(20)17-13-6-10(2)18-19(13)3/h4-7H,8H2,1-3H3,(H,17,20)(H2,16,22,23). The lowest BCUT2D eigenvalue weighted by Crippen LogP contribution is -2.22. The largest absolute Gasteiger partial charge is 0.452 e. The summed E-state index contributed by atoms with van der Waals surface area (Å²) in [4.78, 5) is 23.7. The topological polar surface area (TPSA) is 133 Å². The first-order valence-electron chi connectivity index (χ1n) is 7.19. The molecular formula is C15H18N4O5S. The molecule has 0 bridgehead atoms. The molecule has 3 N–H and O–H groups in total. The molecule has 0 atom stereocenters. The summed E-state index contributed by atoms with van der Waals surface area (Å²) < 4.78 is 29.3. The summed E-state index contributed by atoms with van der Waals surface area (Å²) in [6, 6.07) is 5.62. The Morgan fingerprint density at radius 1 is 1.28 bits per heavy atom. The van der Waals surface area contributed by atoms with Crippen molar-refractivity contribution in [1.29, 1.82) is 0 Å². The molecule has 1 heterocycles. The van der Waals surface area contributed by atoms with Gasteiger partial charge in [-0.05, 0) is 31.5 Å². The molecule has 0 aliphatic carbocycles. The molecule has 1 aromatic carbocycles. The van der Waals surface area contributed by atoms with Gasteiger partial charge in [0.05, 0.1) is 16.2 Å². The summed E-state index contributed by atoms with van der Waals surface area (Å²) in [5.41, 5.74) is 1.12. The van der Waals surface area contributed by atoms with Gasteiger partial charge >= 0.3 is 5.97 Å². The van der Waals surface area contributed by atoms with E-state index in [1.165, 1.54) is 16.8 Å². The minimum Gasteiger partial charge on any atom is -0.452 e. The van der Waals surface area contributed by atoms with Crippen LogP contribution in [0.3, 0.4) is 0 Å². The lowest BCUT2D eigenvalue weighted by Gasteiger charge is -2.08. The van der Waals surface area contributed by atoms with E-state index in [0.29, 0.717) is 11.4 Å². The molecule has 0 aliphatic heterocycles. The van der Waals surface area contributed by atoms with E-state index >= 15 is 0 Å². The molecule has 1 aromatic heterocycles. The highest BCUT2D eigenvalue weighted by Gasteiger charge is 2.17. The van der Waals surface area contributed by atoms with E-state index in [-0.39, 0.29) is 10.5 Å². The van der Waals surface area contributed by atoms with Crippen LogP contribution in [-0.4, -0.2) is 36.7 Å². The van der Waals surface area contributed by atoms with E-state index in [0.717, 1.165) is 11.8 Å². The highest BCUT2D eigenvalue weighted by atomic mass is 32.2. The number of nitrogens with one attached hydrogen (secondary N) is 1. The Morgan fingerprint density at radius 2 is 1.96 bits per heavy atom. The number of nitrogens with two attached hydrogens (primary N) is 1.